The lowest BCUT2D eigenvalue weighted by Crippen LogP contribution is -2.69. The van der Waals surface area contributed by atoms with Gasteiger partial charge in [0.1, 0.15) is 5.82 Å². The fourth-order valence-electron chi connectivity index (χ4n) is 6.50. The van der Waals surface area contributed by atoms with Crippen LogP contribution >= 0.6 is 24.0 Å². The predicted octanol–water partition coefficient (Wildman–Crippen LogP) is 3.92. The van der Waals surface area contributed by atoms with E-state index in [0.29, 0.717) is 29.5 Å². The molecule has 31 heavy (non-hydrogen) atoms. The van der Waals surface area contributed by atoms with Crippen molar-refractivity contribution >= 4 is 29.9 Å². The van der Waals surface area contributed by atoms with E-state index in [9.17, 15) is 4.39 Å². The van der Waals surface area contributed by atoms with E-state index >= 15 is 0 Å². The Morgan fingerprint density at radius 1 is 1.13 bits per heavy atom. The summed E-state index contributed by atoms with van der Waals surface area (Å²) in [5.41, 5.74) is 1.53. The summed E-state index contributed by atoms with van der Waals surface area (Å²) in [6, 6.07) is 7.85. The molecular weight excluding hydrogens is 506 g/mol. The highest BCUT2D eigenvalue weighted by atomic mass is 127. The number of guanidine groups is 1. The van der Waals surface area contributed by atoms with E-state index in [4.69, 9.17) is 4.74 Å². The molecule has 4 fully saturated rings. The molecule has 2 heterocycles. The summed E-state index contributed by atoms with van der Waals surface area (Å²) in [4.78, 5) is 7.03. The Morgan fingerprint density at radius 2 is 1.84 bits per heavy atom. The van der Waals surface area contributed by atoms with E-state index in [-0.39, 0.29) is 29.8 Å². The zero-order valence-electron chi connectivity index (χ0n) is 18.5. The van der Waals surface area contributed by atoms with Gasteiger partial charge in [0.25, 0.3) is 0 Å². The van der Waals surface area contributed by atoms with E-state index in [1.165, 1.54) is 37.7 Å². The molecule has 1 aromatic rings. The maximum atomic E-state index is 13.1. The zero-order valence-corrected chi connectivity index (χ0v) is 20.8. The fraction of sp³-hybridized carbons (Fsp3) is 0.708. The molecule has 3 unspecified atom stereocenters. The van der Waals surface area contributed by atoms with Crippen LogP contribution in [0.3, 0.4) is 0 Å². The number of likely N-dealkylation sites (tertiary alicyclic amines) is 1. The first kappa shape index (κ1) is 23.2. The van der Waals surface area contributed by atoms with Crippen molar-refractivity contribution in [2.75, 3.05) is 26.7 Å². The number of halogens is 2. The molecule has 5 rings (SSSR count). The van der Waals surface area contributed by atoms with Crippen LogP contribution in [-0.4, -0.2) is 55.8 Å². The van der Waals surface area contributed by atoms with Gasteiger partial charge in [0.2, 0.25) is 0 Å². The molecule has 0 amide bonds. The van der Waals surface area contributed by atoms with Crippen LogP contribution < -0.4 is 10.6 Å². The SMILES string of the molecule is CN=C(NC1CCN(Cc2ccc(F)cc2)CC1)NC1C2CCOC2C12CCCC2.I. The number of nitrogens with one attached hydrogen (secondary N) is 2. The minimum Gasteiger partial charge on any atom is -0.377 e. The van der Waals surface area contributed by atoms with Gasteiger partial charge >= 0.3 is 0 Å². The number of nitrogens with zero attached hydrogens (tertiary/aromatic N) is 2. The molecule has 2 N–H and O–H groups in total. The first-order chi connectivity index (χ1) is 14.7. The van der Waals surface area contributed by atoms with E-state index in [1.54, 1.807) is 12.1 Å². The number of piperidine rings is 1. The summed E-state index contributed by atoms with van der Waals surface area (Å²) in [7, 11) is 1.89. The van der Waals surface area contributed by atoms with Gasteiger partial charge < -0.3 is 15.4 Å². The monoisotopic (exact) mass is 542 g/mol. The van der Waals surface area contributed by atoms with Crippen LogP contribution in [0.5, 0.6) is 0 Å². The Morgan fingerprint density at radius 3 is 2.52 bits per heavy atom. The van der Waals surface area contributed by atoms with Gasteiger partial charge in [0.05, 0.1) is 6.10 Å². The van der Waals surface area contributed by atoms with Gasteiger partial charge in [-0.25, -0.2) is 4.39 Å². The standard InChI is InChI=1S/C24H35FN4O.HI/c1-26-23(28-21-20-10-15-30-22(20)24(21)11-2-3-12-24)27-19-8-13-29(14-9-19)16-17-4-6-18(25)7-5-17;/h4-7,19-22H,2-3,8-16H2,1H3,(H2,26,27,28);1H. The predicted molar refractivity (Wildman–Crippen MR) is 132 cm³/mol. The molecule has 0 aromatic heterocycles. The van der Waals surface area contributed by atoms with Crippen LogP contribution in [0.4, 0.5) is 4.39 Å². The topological polar surface area (TPSA) is 48.9 Å². The van der Waals surface area contributed by atoms with Crippen molar-refractivity contribution in [1.29, 1.82) is 0 Å². The Bertz CT molecular complexity index is 759. The summed E-state index contributed by atoms with van der Waals surface area (Å²) >= 11 is 0. The molecule has 2 saturated heterocycles. The Labute approximate surface area is 202 Å². The van der Waals surface area contributed by atoms with Crippen LogP contribution in [0.2, 0.25) is 0 Å². The van der Waals surface area contributed by atoms with E-state index in [0.717, 1.165) is 45.0 Å². The van der Waals surface area contributed by atoms with E-state index in [2.05, 4.69) is 20.5 Å². The van der Waals surface area contributed by atoms with Crippen molar-refractivity contribution in [1.82, 2.24) is 15.5 Å². The van der Waals surface area contributed by atoms with Gasteiger partial charge in [0.15, 0.2) is 5.96 Å². The minimum atomic E-state index is -0.165. The van der Waals surface area contributed by atoms with Gasteiger partial charge in [-0.2, -0.15) is 0 Å². The molecular formula is C24H36FIN4O. The highest BCUT2D eigenvalue weighted by Gasteiger charge is 2.65. The molecule has 7 heteroatoms. The van der Waals surface area contributed by atoms with E-state index in [1.807, 2.05) is 19.2 Å². The molecule has 5 nitrogen and oxygen atoms in total. The lowest BCUT2D eigenvalue weighted by Gasteiger charge is -2.57. The molecule has 0 bridgehead atoms. The summed E-state index contributed by atoms with van der Waals surface area (Å²) < 4.78 is 19.2. The lowest BCUT2D eigenvalue weighted by atomic mass is 9.54. The zero-order chi connectivity index (χ0) is 20.6. The van der Waals surface area contributed by atoms with Crippen LogP contribution in [0.1, 0.15) is 50.5 Å². The third-order valence-electron chi connectivity index (χ3n) is 8.05. The minimum absolute atomic E-state index is 0. The largest absolute Gasteiger partial charge is 0.377 e. The van der Waals surface area contributed by atoms with Gasteiger partial charge in [0, 0.05) is 56.7 Å². The fourth-order valence-corrected chi connectivity index (χ4v) is 6.50. The number of fused-ring (bicyclic) bond motifs is 2. The Kier molecular flexibility index (Phi) is 7.43. The molecule has 2 saturated carbocycles. The van der Waals surface area contributed by atoms with Gasteiger partial charge in [-0.1, -0.05) is 25.0 Å². The molecule has 1 aromatic carbocycles. The van der Waals surface area contributed by atoms with Crippen molar-refractivity contribution < 1.29 is 9.13 Å². The lowest BCUT2D eigenvalue weighted by molar-refractivity contribution is -0.125. The van der Waals surface area contributed by atoms with Crippen molar-refractivity contribution in [2.45, 2.75) is 69.7 Å². The maximum Gasteiger partial charge on any atom is 0.191 e. The first-order valence-electron chi connectivity index (χ1n) is 11.8. The highest BCUT2D eigenvalue weighted by Crippen LogP contribution is 2.60. The Balaban J connectivity index is 0.00000231. The summed E-state index contributed by atoms with van der Waals surface area (Å²) in [5, 5.41) is 7.53. The summed E-state index contributed by atoms with van der Waals surface area (Å²) in [6.45, 7) is 3.93. The summed E-state index contributed by atoms with van der Waals surface area (Å²) in [5.74, 6) is 1.45. The third kappa shape index (κ3) is 4.60. The maximum absolute atomic E-state index is 13.1. The molecule has 0 radical (unpaired) electrons. The van der Waals surface area contributed by atoms with Gasteiger partial charge in [-0.05, 0) is 49.8 Å². The van der Waals surface area contributed by atoms with Gasteiger partial charge in [-0.15, -0.1) is 24.0 Å². The average Bonchev–Trinajstić information content (AvgIpc) is 3.43. The molecule has 4 aliphatic rings. The van der Waals surface area contributed by atoms with E-state index < -0.39 is 0 Å². The number of hydrogen-bond donors (Lipinski definition) is 2. The number of rotatable bonds is 4. The molecule has 2 aliphatic heterocycles. The quantitative estimate of drug-likeness (QED) is 0.344. The Hall–Kier alpha value is -0.930. The third-order valence-corrected chi connectivity index (χ3v) is 8.05. The number of aliphatic imine (C=N–C) groups is 1. The number of ether oxygens (including phenoxy) is 1. The number of hydrogen-bond acceptors (Lipinski definition) is 3. The smallest absolute Gasteiger partial charge is 0.191 e. The average molecular weight is 542 g/mol. The molecule has 1 spiro atoms. The van der Waals surface area contributed by atoms with Crippen LogP contribution in [-0.2, 0) is 11.3 Å². The second-order valence-electron chi connectivity index (χ2n) is 9.70. The number of benzene rings is 1. The van der Waals surface area contributed by atoms with Crippen molar-refractivity contribution in [3.05, 3.63) is 35.6 Å². The second-order valence-corrected chi connectivity index (χ2v) is 9.70. The van der Waals surface area contributed by atoms with Crippen LogP contribution in [0.15, 0.2) is 29.3 Å². The molecule has 3 atom stereocenters. The first-order valence-corrected chi connectivity index (χ1v) is 11.8. The summed E-state index contributed by atoms with van der Waals surface area (Å²) in [6.07, 6.45) is 9.13. The van der Waals surface area contributed by atoms with Crippen molar-refractivity contribution in [3.63, 3.8) is 0 Å². The van der Waals surface area contributed by atoms with Crippen LogP contribution in [0, 0.1) is 17.2 Å². The second kappa shape index (κ2) is 9.91. The van der Waals surface area contributed by atoms with Crippen molar-refractivity contribution in [2.24, 2.45) is 16.3 Å². The highest BCUT2D eigenvalue weighted by molar-refractivity contribution is 14.0. The molecule has 2 aliphatic carbocycles. The van der Waals surface area contributed by atoms with Gasteiger partial charge in [-0.3, -0.25) is 9.89 Å². The molecule has 172 valence electrons. The normalized spacial score (nSPS) is 30.5. The van der Waals surface area contributed by atoms with Crippen molar-refractivity contribution in [3.8, 4) is 0 Å². The van der Waals surface area contributed by atoms with Crippen LogP contribution in [0.25, 0.3) is 0 Å².